The third-order valence-corrected chi connectivity index (χ3v) is 6.35. The van der Waals surface area contributed by atoms with E-state index < -0.39 is 5.91 Å². The van der Waals surface area contributed by atoms with Crippen molar-refractivity contribution in [2.24, 2.45) is 0 Å². The number of amides is 2. The molecule has 3 heterocycles. The first-order valence-electron chi connectivity index (χ1n) is 9.38. The van der Waals surface area contributed by atoms with Crippen LogP contribution in [0.25, 0.3) is 10.2 Å². The van der Waals surface area contributed by atoms with Crippen LogP contribution < -0.4 is 5.32 Å². The van der Waals surface area contributed by atoms with E-state index in [1.807, 2.05) is 19.9 Å². The van der Waals surface area contributed by atoms with Gasteiger partial charge in [-0.15, -0.1) is 11.3 Å². The lowest BCUT2D eigenvalue weighted by atomic mass is 10.1. The van der Waals surface area contributed by atoms with Gasteiger partial charge in [-0.2, -0.15) is 0 Å². The van der Waals surface area contributed by atoms with E-state index in [-0.39, 0.29) is 5.91 Å². The van der Waals surface area contributed by atoms with Gasteiger partial charge in [0.15, 0.2) is 0 Å². The SMILES string of the molecule is Cc1cc(C)c2c(NC(=O)c3cc(Cl)cc(Cl)c3)c(C(=O)N3CCOCC3)sc2n1. The average Bonchev–Trinajstić information content (AvgIpc) is 3.05. The van der Waals surface area contributed by atoms with E-state index in [0.717, 1.165) is 16.6 Å². The average molecular weight is 464 g/mol. The van der Waals surface area contributed by atoms with Crippen LogP contribution in [0.15, 0.2) is 24.3 Å². The lowest BCUT2D eigenvalue weighted by Crippen LogP contribution is -2.40. The van der Waals surface area contributed by atoms with E-state index in [4.69, 9.17) is 27.9 Å². The lowest BCUT2D eigenvalue weighted by Gasteiger charge is -2.26. The summed E-state index contributed by atoms with van der Waals surface area (Å²) in [7, 11) is 0. The van der Waals surface area contributed by atoms with Gasteiger partial charge in [0.25, 0.3) is 11.8 Å². The third-order valence-electron chi connectivity index (χ3n) is 4.84. The molecule has 0 atom stereocenters. The standard InChI is InChI=1S/C21H19Cl2N3O3S/c1-11-7-12(2)24-20-16(11)17(18(30-20)21(28)26-3-5-29-6-4-26)25-19(27)13-8-14(22)10-15(23)9-13/h7-10H,3-6H2,1-2H3,(H,25,27). The van der Waals surface area contributed by atoms with E-state index in [9.17, 15) is 9.59 Å². The number of nitrogens with zero attached hydrogens (tertiary/aromatic N) is 2. The summed E-state index contributed by atoms with van der Waals surface area (Å²) in [4.78, 5) is 33.8. The number of nitrogens with one attached hydrogen (secondary N) is 1. The number of rotatable bonds is 3. The van der Waals surface area contributed by atoms with Crippen molar-refractivity contribution in [2.45, 2.75) is 13.8 Å². The molecule has 2 aromatic heterocycles. The molecule has 156 valence electrons. The normalized spacial score (nSPS) is 14.2. The maximum atomic E-state index is 13.3. The molecule has 0 radical (unpaired) electrons. The van der Waals surface area contributed by atoms with Gasteiger partial charge < -0.3 is 15.0 Å². The number of aryl methyl sites for hydroxylation is 2. The fraction of sp³-hybridized carbons (Fsp3) is 0.286. The molecule has 0 spiro atoms. The van der Waals surface area contributed by atoms with Gasteiger partial charge in [0, 0.05) is 39.8 Å². The number of morpholine rings is 1. The highest BCUT2D eigenvalue weighted by molar-refractivity contribution is 7.21. The molecule has 0 aliphatic carbocycles. The highest BCUT2D eigenvalue weighted by Crippen LogP contribution is 2.38. The summed E-state index contributed by atoms with van der Waals surface area (Å²) in [6, 6.07) is 6.57. The summed E-state index contributed by atoms with van der Waals surface area (Å²) < 4.78 is 5.36. The van der Waals surface area contributed by atoms with E-state index in [2.05, 4.69) is 10.3 Å². The van der Waals surface area contributed by atoms with Crippen LogP contribution in [0.3, 0.4) is 0 Å². The number of aromatic nitrogens is 1. The molecule has 0 bridgehead atoms. The molecule has 0 saturated carbocycles. The Labute approximate surface area is 187 Å². The zero-order valence-electron chi connectivity index (χ0n) is 16.4. The van der Waals surface area contributed by atoms with Gasteiger partial charge in [-0.1, -0.05) is 23.2 Å². The number of pyridine rings is 1. The van der Waals surface area contributed by atoms with Crippen LogP contribution in [0.2, 0.25) is 10.0 Å². The number of anilines is 1. The minimum Gasteiger partial charge on any atom is -0.378 e. The maximum absolute atomic E-state index is 13.3. The predicted octanol–water partition coefficient (Wildman–Crippen LogP) is 4.94. The van der Waals surface area contributed by atoms with Gasteiger partial charge in [0.2, 0.25) is 0 Å². The van der Waals surface area contributed by atoms with Crippen molar-refractivity contribution in [1.29, 1.82) is 0 Å². The summed E-state index contributed by atoms with van der Waals surface area (Å²) in [5, 5.41) is 4.41. The largest absolute Gasteiger partial charge is 0.378 e. The Hall–Kier alpha value is -2.19. The lowest BCUT2D eigenvalue weighted by molar-refractivity contribution is 0.0307. The Kier molecular flexibility index (Phi) is 5.97. The molecular weight excluding hydrogens is 445 g/mol. The minimum absolute atomic E-state index is 0.141. The zero-order chi connectivity index (χ0) is 21.4. The summed E-state index contributed by atoms with van der Waals surface area (Å²) in [6.45, 7) is 5.86. The number of halogens is 2. The quantitative estimate of drug-likeness (QED) is 0.596. The van der Waals surface area contributed by atoms with Crippen LogP contribution in [0.4, 0.5) is 5.69 Å². The molecule has 4 rings (SSSR count). The van der Waals surface area contributed by atoms with Crippen LogP contribution >= 0.6 is 34.5 Å². The monoisotopic (exact) mass is 463 g/mol. The van der Waals surface area contributed by atoms with E-state index in [1.54, 1.807) is 11.0 Å². The van der Waals surface area contributed by atoms with Crippen molar-refractivity contribution >= 4 is 62.3 Å². The van der Waals surface area contributed by atoms with Crippen LogP contribution in [0.5, 0.6) is 0 Å². The van der Waals surface area contributed by atoms with Gasteiger partial charge in [-0.05, 0) is 43.7 Å². The Bertz CT molecular complexity index is 1140. The molecule has 1 fully saturated rings. The van der Waals surface area contributed by atoms with E-state index in [1.165, 1.54) is 23.5 Å². The number of thiophene rings is 1. The molecule has 1 N–H and O–H groups in total. The highest BCUT2D eigenvalue weighted by Gasteiger charge is 2.27. The van der Waals surface area contributed by atoms with Crippen molar-refractivity contribution in [3.05, 3.63) is 56.0 Å². The van der Waals surface area contributed by atoms with Crippen molar-refractivity contribution < 1.29 is 14.3 Å². The number of hydrogen-bond acceptors (Lipinski definition) is 5. The van der Waals surface area contributed by atoms with Crippen LogP contribution in [0.1, 0.15) is 31.3 Å². The second kappa shape index (κ2) is 8.51. The van der Waals surface area contributed by atoms with Crippen molar-refractivity contribution in [3.8, 4) is 0 Å². The topological polar surface area (TPSA) is 71.5 Å². The number of benzene rings is 1. The smallest absolute Gasteiger partial charge is 0.266 e. The zero-order valence-corrected chi connectivity index (χ0v) is 18.7. The van der Waals surface area contributed by atoms with Gasteiger partial charge >= 0.3 is 0 Å². The minimum atomic E-state index is -0.393. The molecular formula is C21H19Cl2N3O3S. The van der Waals surface area contributed by atoms with Gasteiger partial charge in [0.05, 0.1) is 18.9 Å². The summed E-state index contributed by atoms with van der Waals surface area (Å²) in [5.41, 5.74) is 2.58. The maximum Gasteiger partial charge on any atom is 0.266 e. The molecule has 9 heteroatoms. The number of hydrogen-bond donors (Lipinski definition) is 1. The predicted molar refractivity (Wildman–Crippen MR) is 120 cm³/mol. The van der Waals surface area contributed by atoms with Crippen molar-refractivity contribution in [1.82, 2.24) is 9.88 Å². The molecule has 3 aromatic rings. The fourth-order valence-corrected chi connectivity index (χ4v) is 5.24. The van der Waals surface area contributed by atoms with Crippen LogP contribution in [0, 0.1) is 13.8 Å². The van der Waals surface area contributed by atoms with Gasteiger partial charge in [-0.3, -0.25) is 9.59 Å². The molecule has 2 amide bonds. The number of fused-ring (bicyclic) bond motifs is 1. The van der Waals surface area contributed by atoms with Gasteiger partial charge in [0.1, 0.15) is 9.71 Å². The molecule has 1 aliphatic heterocycles. The van der Waals surface area contributed by atoms with E-state index >= 15 is 0 Å². The Morgan fingerprint density at radius 1 is 1.10 bits per heavy atom. The molecule has 1 aromatic carbocycles. The number of carbonyl (C=O) groups excluding carboxylic acids is 2. The van der Waals surface area contributed by atoms with Crippen LogP contribution in [-0.4, -0.2) is 48.0 Å². The number of ether oxygens (including phenoxy) is 1. The molecule has 1 aliphatic rings. The molecule has 6 nitrogen and oxygen atoms in total. The molecule has 0 unspecified atom stereocenters. The number of carbonyl (C=O) groups is 2. The Morgan fingerprint density at radius 2 is 1.77 bits per heavy atom. The summed E-state index contributed by atoms with van der Waals surface area (Å²) in [5.74, 6) is -0.534. The molecule has 1 saturated heterocycles. The first-order valence-corrected chi connectivity index (χ1v) is 11.0. The Balaban J connectivity index is 1.79. The van der Waals surface area contributed by atoms with E-state index in [0.29, 0.717) is 57.3 Å². The van der Waals surface area contributed by atoms with Crippen molar-refractivity contribution in [2.75, 3.05) is 31.6 Å². The first-order chi connectivity index (χ1) is 14.3. The summed E-state index contributed by atoms with van der Waals surface area (Å²) >= 11 is 13.4. The van der Waals surface area contributed by atoms with Crippen LogP contribution in [-0.2, 0) is 4.74 Å². The first kappa shape index (κ1) is 21.1. The van der Waals surface area contributed by atoms with Gasteiger partial charge in [-0.25, -0.2) is 4.98 Å². The fourth-order valence-electron chi connectivity index (χ4n) is 3.49. The van der Waals surface area contributed by atoms with Crippen molar-refractivity contribution in [3.63, 3.8) is 0 Å². The third kappa shape index (κ3) is 4.16. The Morgan fingerprint density at radius 3 is 2.43 bits per heavy atom. The second-order valence-electron chi connectivity index (χ2n) is 7.08. The highest BCUT2D eigenvalue weighted by atomic mass is 35.5. The summed E-state index contributed by atoms with van der Waals surface area (Å²) in [6.07, 6.45) is 0. The second-order valence-corrected chi connectivity index (χ2v) is 8.96. The molecule has 30 heavy (non-hydrogen) atoms.